The highest BCUT2D eigenvalue weighted by atomic mass is 16.6. The Morgan fingerprint density at radius 1 is 0.821 bits per heavy atom. The Balaban J connectivity index is 1.40. The lowest BCUT2D eigenvalue weighted by Gasteiger charge is -2.34. The Morgan fingerprint density at radius 3 is 2.15 bits per heavy atom. The summed E-state index contributed by atoms with van der Waals surface area (Å²) in [5.41, 5.74) is 4.30. The summed E-state index contributed by atoms with van der Waals surface area (Å²) >= 11 is 0. The van der Waals surface area contributed by atoms with E-state index in [1.54, 1.807) is 23.0 Å². The number of benzene rings is 3. The number of nitro benzene ring substituents is 1. The third-order valence-corrected chi connectivity index (χ3v) is 7.02. The van der Waals surface area contributed by atoms with Crippen LogP contribution >= 0.6 is 0 Å². The van der Waals surface area contributed by atoms with Gasteiger partial charge in [-0.25, -0.2) is 0 Å². The van der Waals surface area contributed by atoms with Crippen molar-refractivity contribution in [3.63, 3.8) is 0 Å². The summed E-state index contributed by atoms with van der Waals surface area (Å²) in [6, 6.07) is 25.3. The number of ether oxygens (including phenoxy) is 1. The highest BCUT2D eigenvalue weighted by molar-refractivity contribution is 5.98. The Bertz CT molecular complexity index is 1540. The zero-order valence-electron chi connectivity index (χ0n) is 21.7. The van der Waals surface area contributed by atoms with E-state index in [0.717, 1.165) is 28.4 Å². The second-order valence-electron chi connectivity index (χ2n) is 9.32. The zero-order chi connectivity index (χ0) is 27.5. The Hall–Kier alpha value is -4.92. The van der Waals surface area contributed by atoms with Crippen LogP contribution < -0.4 is 4.74 Å². The molecule has 1 aromatic heterocycles. The number of piperazine rings is 1. The van der Waals surface area contributed by atoms with Crippen molar-refractivity contribution in [3.05, 3.63) is 112 Å². The van der Waals surface area contributed by atoms with Crippen molar-refractivity contribution in [1.29, 1.82) is 0 Å². The Morgan fingerprint density at radius 2 is 1.49 bits per heavy atom. The number of carbonyl (C=O) groups is 2. The topological polar surface area (TPSA) is 97.9 Å². The summed E-state index contributed by atoms with van der Waals surface area (Å²) in [6.45, 7) is 3.35. The van der Waals surface area contributed by atoms with E-state index in [0.29, 0.717) is 31.7 Å². The van der Waals surface area contributed by atoms with E-state index in [1.165, 1.54) is 18.2 Å². The molecule has 0 atom stereocenters. The molecule has 1 aliphatic rings. The number of rotatable bonds is 6. The third-order valence-electron chi connectivity index (χ3n) is 7.02. The second-order valence-corrected chi connectivity index (χ2v) is 9.32. The van der Waals surface area contributed by atoms with E-state index in [4.69, 9.17) is 4.74 Å². The SMILES string of the molecule is COc1cccc(-n2c(-c3ccccc3)cc(C(=O)N3CCN(C(=O)c4cccc([N+](=O)[O-])c4)CC3)c2C)c1. The van der Waals surface area contributed by atoms with E-state index in [-0.39, 0.29) is 23.1 Å². The summed E-state index contributed by atoms with van der Waals surface area (Å²) < 4.78 is 7.50. The largest absolute Gasteiger partial charge is 0.497 e. The number of amides is 2. The zero-order valence-corrected chi connectivity index (χ0v) is 21.7. The molecule has 39 heavy (non-hydrogen) atoms. The number of carbonyl (C=O) groups excluding carboxylic acids is 2. The van der Waals surface area contributed by atoms with Crippen molar-refractivity contribution in [2.75, 3.05) is 33.3 Å². The molecule has 0 bridgehead atoms. The molecular weight excluding hydrogens is 496 g/mol. The fourth-order valence-electron chi connectivity index (χ4n) is 4.95. The lowest BCUT2D eigenvalue weighted by Crippen LogP contribution is -2.50. The molecule has 1 saturated heterocycles. The van der Waals surface area contributed by atoms with Crippen LogP contribution in [0.25, 0.3) is 16.9 Å². The fraction of sp³-hybridized carbons (Fsp3) is 0.200. The minimum atomic E-state index is -0.517. The van der Waals surface area contributed by atoms with Crippen LogP contribution in [0.1, 0.15) is 26.4 Å². The first-order valence-electron chi connectivity index (χ1n) is 12.6. The highest BCUT2D eigenvalue weighted by Gasteiger charge is 2.29. The minimum absolute atomic E-state index is 0.103. The maximum absolute atomic E-state index is 13.7. The van der Waals surface area contributed by atoms with E-state index in [2.05, 4.69) is 4.57 Å². The van der Waals surface area contributed by atoms with Crippen LogP contribution in [0.2, 0.25) is 0 Å². The number of hydrogen-bond donors (Lipinski definition) is 0. The van der Waals surface area contributed by atoms with Gasteiger partial charge in [0, 0.05) is 61.3 Å². The third kappa shape index (κ3) is 5.11. The summed E-state index contributed by atoms with van der Waals surface area (Å²) in [6.07, 6.45) is 0. The van der Waals surface area contributed by atoms with E-state index in [1.807, 2.05) is 67.6 Å². The normalized spacial score (nSPS) is 13.3. The van der Waals surface area contributed by atoms with Crippen LogP contribution in [0.4, 0.5) is 5.69 Å². The smallest absolute Gasteiger partial charge is 0.270 e. The molecule has 0 N–H and O–H groups in total. The Labute approximate surface area is 226 Å². The van der Waals surface area contributed by atoms with Crippen LogP contribution in [0.3, 0.4) is 0 Å². The number of methoxy groups -OCH3 is 1. The van der Waals surface area contributed by atoms with Gasteiger partial charge in [0.05, 0.1) is 23.3 Å². The number of aromatic nitrogens is 1. The first-order chi connectivity index (χ1) is 18.9. The lowest BCUT2D eigenvalue weighted by molar-refractivity contribution is -0.384. The van der Waals surface area contributed by atoms with E-state index < -0.39 is 4.92 Å². The van der Waals surface area contributed by atoms with Gasteiger partial charge in [0.2, 0.25) is 0 Å². The molecular formula is C30H28N4O5. The van der Waals surface area contributed by atoms with Gasteiger partial charge in [-0.2, -0.15) is 0 Å². The van der Waals surface area contributed by atoms with Gasteiger partial charge >= 0.3 is 0 Å². The first-order valence-corrected chi connectivity index (χ1v) is 12.6. The number of non-ortho nitro benzene ring substituents is 1. The van der Waals surface area contributed by atoms with Crippen LogP contribution in [-0.4, -0.2) is 64.4 Å². The average Bonchev–Trinajstić information content (AvgIpc) is 3.33. The van der Waals surface area contributed by atoms with Crippen LogP contribution in [-0.2, 0) is 0 Å². The maximum Gasteiger partial charge on any atom is 0.270 e. The van der Waals surface area contributed by atoms with Gasteiger partial charge in [-0.3, -0.25) is 19.7 Å². The quantitative estimate of drug-likeness (QED) is 0.262. The second kappa shape index (κ2) is 10.8. The molecule has 1 aliphatic heterocycles. The summed E-state index contributed by atoms with van der Waals surface area (Å²) in [7, 11) is 1.62. The molecule has 9 nitrogen and oxygen atoms in total. The summed E-state index contributed by atoms with van der Waals surface area (Å²) in [5, 5.41) is 11.1. The van der Waals surface area contributed by atoms with Gasteiger partial charge in [0.15, 0.2) is 0 Å². The molecule has 9 heteroatoms. The van der Waals surface area contributed by atoms with Crippen molar-refractivity contribution in [2.45, 2.75) is 6.92 Å². The van der Waals surface area contributed by atoms with E-state index in [9.17, 15) is 19.7 Å². The number of nitro groups is 1. The molecule has 2 heterocycles. The van der Waals surface area contributed by atoms with Gasteiger partial charge in [-0.15, -0.1) is 0 Å². The molecule has 3 aromatic carbocycles. The van der Waals surface area contributed by atoms with Gasteiger partial charge in [0.25, 0.3) is 17.5 Å². The van der Waals surface area contributed by atoms with Gasteiger partial charge in [-0.1, -0.05) is 42.5 Å². The lowest BCUT2D eigenvalue weighted by atomic mass is 10.1. The van der Waals surface area contributed by atoms with Crippen LogP contribution in [0.15, 0.2) is 84.9 Å². The molecule has 5 rings (SSSR count). The number of nitrogens with zero attached hydrogens (tertiary/aromatic N) is 4. The highest BCUT2D eigenvalue weighted by Crippen LogP contribution is 2.31. The van der Waals surface area contributed by atoms with Crippen molar-refractivity contribution in [2.24, 2.45) is 0 Å². The van der Waals surface area contributed by atoms with Crippen molar-refractivity contribution < 1.29 is 19.2 Å². The predicted molar refractivity (Wildman–Crippen MR) is 147 cm³/mol. The van der Waals surface area contributed by atoms with Gasteiger partial charge < -0.3 is 19.1 Å². The van der Waals surface area contributed by atoms with Gasteiger partial charge in [0.1, 0.15) is 5.75 Å². The molecule has 198 valence electrons. The first kappa shape index (κ1) is 25.7. The average molecular weight is 525 g/mol. The van der Waals surface area contributed by atoms with E-state index >= 15 is 0 Å². The minimum Gasteiger partial charge on any atom is -0.497 e. The molecule has 2 amide bonds. The predicted octanol–water partition coefficient (Wildman–Crippen LogP) is 4.97. The molecule has 0 unspecified atom stereocenters. The maximum atomic E-state index is 13.7. The van der Waals surface area contributed by atoms with Gasteiger partial charge in [-0.05, 0) is 36.8 Å². The van der Waals surface area contributed by atoms with Crippen molar-refractivity contribution >= 4 is 17.5 Å². The molecule has 0 radical (unpaired) electrons. The number of hydrogen-bond acceptors (Lipinski definition) is 5. The molecule has 4 aromatic rings. The standard InChI is InChI=1S/C30H28N4O5/c1-21-27(20-28(22-8-4-3-5-9-22)33(21)24-11-7-13-26(19-24)39-2)30(36)32-16-14-31(15-17-32)29(35)23-10-6-12-25(18-23)34(37)38/h3-13,18-20H,14-17H2,1-2H3. The molecule has 0 aliphatic carbocycles. The molecule has 0 saturated carbocycles. The van der Waals surface area contributed by atoms with Crippen LogP contribution in [0.5, 0.6) is 5.75 Å². The Kier molecular flexibility index (Phi) is 7.14. The monoisotopic (exact) mass is 524 g/mol. The molecule has 0 spiro atoms. The fourth-order valence-corrected chi connectivity index (χ4v) is 4.95. The molecule has 1 fully saturated rings. The van der Waals surface area contributed by atoms with Crippen molar-refractivity contribution in [3.8, 4) is 22.7 Å². The van der Waals surface area contributed by atoms with Crippen LogP contribution in [0, 0.1) is 17.0 Å². The summed E-state index contributed by atoms with van der Waals surface area (Å²) in [4.78, 5) is 40.7. The van der Waals surface area contributed by atoms with Crippen molar-refractivity contribution in [1.82, 2.24) is 14.4 Å². The summed E-state index contributed by atoms with van der Waals surface area (Å²) in [5.74, 6) is 0.336.